The molecule has 7 heteroatoms. The fourth-order valence-corrected chi connectivity index (χ4v) is 2.85. The Labute approximate surface area is 137 Å². The third-order valence-electron chi connectivity index (χ3n) is 4.13. The smallest absolute Gasteiger partial charge is 0.154 e. The first-order valence-electron chi connectivity index (χ1n) is 8.28. The molecule has 0 unspecified atom stereocenters. The van der Waals surface area contributed by atoms with Crippen LogP contribution in [0, 0.1) is 11.1 Å². The lowest BCUT2D eigenvalue weighted by Gasteiger charge is -2.32. The van der Waals surface area contributed by atoms with E-state index in [0.29, 0.717) is 30.3 Å². The van der Waals surface area contributed by atoms with E-state index < -0.39 is 0 Å². The van der Waals surface area contributed by atoms with Crippen LogP contribution in [0.1, 0.15) is 38.3 Å². The molecule has 3 heterocycles. The lowest BCUT2D eigenvalue weighted by atomic mass is 9.96. The van der Waals surface area contributed by atoms with Crippen molar-refractivity contribution in [2.75, 3.05) is 43.4 Å². The van der Waals surface area contributed by atoms with Crippen LogP contribution in [-0.4, -0.2) is 43.4 Å². The van der Waals surface area contributed by atoms with Crippen molar-refractivity contribution in [3.8, 4) is 0 Å². The number of aromatic nitrogens is 1. The van der Waals surface area contributed by atoms with Crippen LogP contribution in [0.4, 0.5) is 11.5 Å². The number of hydrogen-bond acceptors (Lipinski definition) is 7. The Balaban J connectivity index is 1.65. The zero-order valence-corrected chi connectivity index (χ0v) is 13.8. The van der Waals surface area contributed by atoms with E-state index in [1.165, 1.54) is 0 Å². The number of ether oxygens (including phenoxy) is 1. The van der Waals surface area contributed by atoms with E-state index in [0.717, 1.165) is 43.3 Å². The molecule has 2 aliphatic rings. The summed E-state index contributed by atoms with van der Waals surface area (Å²) in [6.07, 6.45) is 2.01. The molecule has 1 saturated heterocycles. The second kappa shape index (κ2) is 7.44. The van der Waals surface area contributed by atoms with Crippen molar-refractivity contribution in [3.63, 3.8) is 0 Å². The van der Waals surface area contributed by atoms with Crippen LogP contribution in [0.25, 0.3) is 0 Å². The molecule has 1 N–H and O–H groups in total. The van der Waals surface area contributed by atoms with E-state index in [2.05, 4.69) is 17.4 Å². The average molecular weight is 321 g/mol. The second-order valence-electron chi connectivity index (χ2n) is 6.53. The SMILES string of the molecule is CC(C)CON([O-])CN1CNc2ccc(C3CCOCC3)nc21. The molecular formula is C16H25N4O3-. The molecule has 1 aromatic rings. The minimum absolute atomic E-state index is 0.150. The predicted molar refractivity (Wildman–Crippen MR) is 88.9 cm³/mol. The summed E-state index contributed by atoms with van der Waals surface area (Å²) in [5.74, 6) is 1.61. The van der Waals surface area contributed by atoms with Gasteiger partial charge in [0.1, 0.15) is 0 Å². The number of rotatable bonds is 6. The van der Waals surface area contributed by atoms with Crippen LogP contribution in [0.3, 0.4) is 0 Å². The molecule has 0 atom stereocenters. The average Bonchev–Trinajstić information content (AvgIpc) is 2.96. The Kier molecular flexibility index (Phi) is 5.32. The third-order valence-corrected chi connectivity index (χ3v) is 4.13. The summed E-state index contributed by atoms with van der Waals surface area (Å²) >= 11 is 0. The molecule has 23 heavy (non-hydrogen) atoms. The van der Waals surface area contributed by atoms with Gasteiger partial charge in [-0.25, -0.2) is 10.2 Å². The largest absolute Gasteiger partial charge is 0.761 e. The maximum absolute atomic E-state index is 11.9. The zero-order valence-electron chi connectivity index (χ0n) is 13.8. The Morgan fingerprint density at radius 1 is 1.43 bits per heavy atom. The minimum Gasteiger partial charge on any atom is -0.761 e. The van der Waals surface area contributed by atoms with E-state index in [1.807, 2.05) is 18.7 Å². The number of hydroxylamine groups is 2. The standard InChI is InChI=1S/C16H25N4O3/c1-12(2)9-23-20(21)11-19-10-17-15-4-3-14(18-16(15)19)13-5-7-22-8-6-13/h3-4,12-13,17H,5-11H2,1-2H3/q-1. The van der Waals surface area contributed by atoms with Crippen LogP contribution in [-0.2, 0) is 9.57 Å². The highest BCUT2D eigenvalue weighted by molar-refractivity contribution is 5.70. The first-order valence-corrected chi connectivity index (χ1v) is 8.28. The molecule has 0 aliphatic carbocycles. The van der Waals surface area contributed by atoms with Crippen molar-refractivity contribution in [3.05, 3.63) is 23.0 Å². The van der Waals surface area contributed by atoms with Crippen molar-refractivity contribution < 1.29 is 9.57 Å². The van der Waals surface area contributed by atoms with Gasteiger partial charge in [-0.05, 0) is 30.9 Å². The normalized spacial score (nSPS) is 18.6. The van der Waals surface area contributed by atoms with E-state index in [1.54, 1.807) is 0 Å². The second-order valence-corrected chi connectivity index (χ2v) is 6.53. The molecule has 0 aromatic carbocycles. The lowest BCUT2D eigenvalue weighted by molar-refractivity contribution is -0.129. The van der Waals surface area contributed by atoms with Crippen LogP contribution < -0.4 is 10.2 Å². The molecule has 7 nitrogen and oxygen atoms in total. The minimum atomic E-state index is 0.150. The van der Waals surface area contributed by atoms with Crippen LogP contribution in [0.2, 0.25) is 0 Å². The van der Waals surface area contributed by atoms with E-state index in [4.69, 9.17) is 14.6 Å². The van der Waals surface area contributed by atoms with Gasteiger partial charge in [0.2, 0.25) is 0 Å². The number of pyridine rings is 1. The van der Waals surface area contributed by atoms with E-state index in [9.17, 15) is 5.21 Å². The van der Waals surface area contributed by atoms with Crippen LogP contribution in [0.5, 0.6) is 0 Å². The summed E-state index contributed by atoms with van der Waals surface area (Å²) in [5.41, 5.74) is 2.05. The Bertz CT molecular complexity index is 520. The molecule has 0 spiro atoms. The molecule has 1 aromatic heterocycles. The predicted octanol–water partition coefficient (Wildman–Crippen LogP) is 2.51. The third kappa shape index (κ3) is 4.11. The fourth-order valence-electron chi connectivity index (χ4n) is 2.85. The first kappa shape index (κ1) is 16.4. The molecule has 0 saturated carbocycles. The summed E-state index contributed by atoms with van der Waals surface area (Å²) < 4.78 is 5.42. The van der Waals surface area contributed by atoms with Crippen molar-refractivity contribution in [1.29, 1.82) is 0 Å². The van der Waals surface area contributed by atoms with E-state index >= 15 is 0 Å². The summed E-state index contributed by atoms with van der Waals surface area (Å²) in [6.45, 7) is 6.77. The van der Waals surface area contributed by atoms with Gasteiger partial charge < -0.3 is 25.0 Å². The molecular weight excluding hydrogens is 296 g/mol. The summed E-state index contributed by atoms with van der Waals surface area (Å²) in [7, 11) is 0. The molecule has 3 rings (SSSR count). The van der Waals surface area contributed by atoms with Gasteiger partial charge in [-0.2, -0.15) is 0 Å². The Hall–Kier alpha value is -1.41. The van der Waals surface area contributed by atoms with Gasteiger partial charge in [0.05, 0.1) is 25.6 Å². The first-order chi connectivity index (χ1) is 11.1. The van der Waals surface area contributed by atoms with Crippen molar-refractivity contribution >= 4 is 11.5 Å². The maximum atomic E-state index is 11.9. The van der Waals surface area contributed by atoms with Gasteiger partial charge in [-0.15, -0.1) is 0 Å². The fraction of sp³-hybridized carbons (Fsp3) is 0.688. The highest BCUT2D eigenvalue weighted by Crippen LogP contribution is 2.33. The quantitative estimate of drug-likeness (QED) is 0.807. The number of hydrogen-bond donors (Lipinski definition) is 1. The van der Waals surface area contributed by atoms with Crippen LogP contribution >= 0.6 is 0 Å². The Morgan fingerprint density at radius 2 is 2.22 bits per heavy atom. The summed E-state index contributed by atoms with van der Waals surface area (Å²) in [6, 6.07) is 4.13. The highest BCUT2D eigenvalue weighted by atomic mass is 16.9. The Morgan fingerprint density at radius 3 is 2.96 bits per heavy atom. The van der Waals surface area contributed by atoms with Gasteiger partial charge in [0, 0.05) is 24.8 Å². The van der Waals surface area contributed by atoms with Crippen LogP contribution in [0.15, 0.2) is 12.1 Å². The monoisotopic (exact) mass is 321 g/mol. The summed E-state index contributed by atoms with van der Waals surface area (Å²) in [5, 5.41) is 15.8. The van der Waals surface area contributed by atoms with Gasteiger partial charge in [0.25, 0.3) is 0 Å². The van der Waals surface area contributed by atoms with Crippen molar-refractivity contribution in [2.45, 2.75) is 32.6 Å². The highest BCUT2D eigenvalue weighted by Gasteiger charge is 2.24. The molecule has 128 valence electrons. The van der Waals surface area contributed by atoms with E-state index in [-0.39, 0.29) is 6.67 Å². The van der Waals surface area contributed by atoms with Crippen molar-refractivity contribution in [2.24, 2.45) is 5.92 Å². The number of anilines is 2. The lowest BCUT2D eigenvalue weighted by Crippen LogP contribution is -2.35. The number of nitrogens with zero attached hydrogens (tertiary/aromatic N) is 3. The molecule has 0 bridgehead atoms. The summed E-state index contributed by atoms with van der Waals surface area (Å²) in [4.78, 5) is 11.9. The number of nitrogens with one attached hydrogen (secondary N) is 1. The molecule has 0 radical (unpaired) electrons. The molecule has 0 amide bonds. The van der Waals surface area contributed by atoms with Gasteiger partial charge in [-0.1, -0.05) is 13.8 Å². The maximum Gasteiger partial charge on any atom is 0.154 e. The molecule has 1 fully saturated rings. The van der Waals surface area contributed by atoms with Crippen molar-refractivity contribution in [1.82, 2.24) is 10.2 Å². The van der Waals surface area contributed by atoms with Gasteiger partial charge in [0.15, 0.2) is 5.82 Å². The van der Waals surface area contributed by atoms with Gasteiger partial charge >= 0.3 is 0 Å². The number of fused-ring (bicyclic) bond motifs is 1. The van der Waals surface area contributed by atoms with Gasteiger partial charge in [-0.3, -0.25) is 0 Å². The zero-order chi connectivity index (χ0) is 16.2. The topological polar surface area (TPSA) is 72.9 Å². The molecule has 2 aliphatic heterocycles.